The lowest BCUT2D eigenvalue weighted by atomic mass is 10.3. The van der Waals surface area contributed by atoms with Gasteiger partial charge in [-0.25, -0.2) is 0 Å². The Kier molecular flexibility index (Phi) is 4.88. The number of hydrogen-bond acceptors (Lipinski definition) is 2. The predicted molar refractivity (Wildman–Crippen MR) is 54.5 cm³/mol. The summed E-state index contributed by atoms with van der Waals surface area (Å²) < 4.78 is 5.83. The molecule has 0 aromatic heterocycles. The van der Waals surface area contributed by atoms with Crippen LogP contribution in [0.25, 0.3) is 0 Å². The van der Waals surface area contributed by atoms with Gasteiger partial charge in [-0.05, 0) is 19.8 Å². The van der Waals surface area contributed by atoms with Gasteiger partial charge in [-0.3, -0.25) is 0 Å². The van der Waals surface area contributed by atoms with Crippen LogP contribution in [0.4, 0.5) is 0 Å². The normalized spacial score (nSPS) is 20.0. The van der Waals surface area contributed by atoms with Crippen molar-refractivity contribution in [1.82, 2.24) is 5.32 Å². The van der Waals surface area contributed by atoms with E-state index < -0.39 is 0 Å². The average molecular weight is 181 g/mol. The molecule has 1 unspecified atom stereocenters. The zero-order valence-corrected chi connectivity index (χ0v) is 8.38. The van der Waals surface area contributed by atoms with Crippen molar-refractivity contribution >= 4 is 0 Å². The van der Waals surface area contributed by atoms with Crippen molar-refractivity contribution in [2.75, 3.05) is 13.1 Å². The van der Waals surface area contributed by atoms with E-state index in [0.717, 1.165) is 6.54 Å². The zero-order valence-electron chi connectivity index (χ0n) is 8.38. The lowest BCUT2D eigenvalue weighted by molar-refractivity contribution is 0.00364. The first-order valence-electron chi connectivity index (χ1n) is 5.12. The van der Waals surface area contributed by atoms with E-state index in [1.807, 2.05) is 0 Å². The van der Waals surface area contributed by atoms with Gasteiger partial charge in [0.2, 0.25) is 0 Å². The Labute approximate surface area is 81.0 Å². The SMILES string of the molecule is C#CCNCC(C)OC1CCCC1. The van der Waals surface area contributed by atoms with Crippen molar-refractivity contribution < 1.29 is 4.74 Å². The fraction of sp³-hybridized carbons (Fsp3) is 0.818. The van der Waals surface area contributed by atoms with Gasteiger partial charge in [-0.2, -0.15) is 0 Å². The number of nitrogens with one attached hydrogen (secondary N) is 1. The summed E-state index contributed by atoms with van der Waals surface area (Å²) in [4.78, 5) is 0. The molecular formula is C11H19NO. The zero-order chi connectivity index (χ0) is 9.52. The molecule has 0 spiro atoms. The molecule has 74 valence electrons. The van der Waals surface area contributed by atoms with E-state index in [2.05, 4.69) is 18.2 Å². The summed E-state index contributed by atoms with van der Waals surface area (Å²) in [6.07, 6.45) is 11.0. The van der Waals surface area contributed by atoms with Crippen LogP contribution in [0, 0.1) is 12.3 Å². The van der Waals surface area contributed by atoms with Gasteiger partial charge in [0.15, 0.2) is 0 Å². The molecule has 0 aromatic rings. The molecule has 13 heavy (non-hydrogen) atoms. The third-order valence-corrected chi connectivity index (χ3v) is 2.39. The van der Waals surface area contributed by atoms with Gasteiger partial charge in [0, 0.05) is 6.54 Å². The Morgan fingerprint density at radius 3 is 2.85 bits per heavy atom. The van der Waals surface area contributed by atoms with E-state index in [9.17, 15) is 0 Å². The quantitative estimate of drug-likeness (QED) is 0.513. The van der Waals surface area contributed by atoms with Gasteiger partial charge in [-0.1, -0.05) is 18.8 Å². The summed E-state index contributed by atoms with van der Waals surface area (Å²) in [6.45, 7) is 3.60. The fourth-order valence-corrected chi connectivity index (χ4v) is 1.75. The highest BCUT2D eigenvalue weighted by atomic mass is 16.5. The van der Waals surface area contributed by atoms with E-state index >= 15 is 0 Å². The van der Waals surface area contributed by atoms with Crippen molar-refractivity contribution in [1.29, 1.82) is 0 Å². The Hall–Kier alpha value is -0.520. The molecule has 1 aliphatic rings. The van der Waals surface area contributed by atoms with E-state index in [4.69, 9.17) is 11.2 Å². The van der Waals surface area contributed by atoms with Crippen LogP contribution >= 0.6 is 0 Å². The van der Waals surface area contributed by atoms with Gasteiger partial charge < -0.3 is 10.1 Å². The summed E-state index contributed by atoms with van der Waals surface area (Å²) in [5, 5.41) is 3.15. The van der Waals surface area contributed by atoms with Crippen LogP contribution in [-0.4, -0.2) is 25.3 Å². The van der Waals surface area contributed by atoms with E-state index in [-0.39, 0.29) is 6.10 Å². The maximum absolute atomic E-state index is 5.83. The molecule has 0 aliphatic heterocycles. The molecule has 0 aromatic carbocycles. The van der Waals surface area contributed by atoms with Crippen LogP contribution in [0.3, 0.4) is 0 Å². The first-order valence-corrected chi connectivity index (χ1v) is 5.12. The maximum Gasteiger partial charge on any atom is 0.0675 e. The molecule has 1 aliphatic carbocycles. The minimum absolute atomic E-state index is 0.288. The molecule has 0 radical (unpaired) electrons. The third kappa shape index (κ3) is 4.31. The Morgan fingerprint density at radius 1 is 1.54 bits per heavy atom. The van der Waals surface area contributed by atoms with Crippen LogP contribution in [0.2, 0.25) is 0 Å². The minimum Gasteiger partial charge on any atom is -0.374 e. The van der Waals surface area contributed by atoms with Crippen LogP contribution in [-0.2, 0) is 4.74 Å². The Balaban J connectivity index is 2.03. The standard InChI is InChI=1S/C11H19NO/c1-3-8-12-9-10(2)13-11-6-4-5-7-11/h1,10-12H,4-9H2,2H3. The molecule has 0 heterocycles. The highest BCUT2D eigenvalue weighted by molar-refractivity contribution is 4.86. The molecule has 1 atom stereocenters. The van der Waals surface area contributed by atoms with Crippen molar-refractivity contribution in [3.05, 3.63) is 0 Å². The second-order valence-electron chi connectivity index (χ2n) is 3.69. The summed E-state index contributed by atoms with van der Waals surface area (Å²) in [7, 11) is 0. The van der Waals surface area contributed by atoms with E-state index in [0.29, 0.717) is 12.6 Å². The number of rotatable bonds is 5. The van der Waals surface area contributed by atoms with Gasteiger partial charge in [0.05, 0.1) is 18.8 Å². The van der Waals surface area contributed by atoms with Gasteiger partial charge in [0.25, 0.3) is 0 Å². The molecule has 1 rings (SSSR count). The van der Waals surface area contributed by atoms with Crippen LogP contribution in [0.5, 0.6) is 0 Å². The number of terminal acetylenes is 1. The third-order valence-electron chi connectivity index (χ3n) is 2.39. The second kappa shape index (κ2) is 6.01. The van der Waals surface area contributed by atoms with Gasteiger partial charge in [0.1, 0.15) is 0 Å². The summed E-state index contributed by atoms with van der Waals surface area (Å²) >= 11 is 0. The van der Waals surface area contributed by atoms with Crippen molar-refractivity contribution in [3.8, 4) is 12.3 Å². The molecule has 2 nitrogen and oxygen atoms in total. The molecule has 0 bridgehead atoms. The summed E-state index contributed by atoms with van der Waals surface area (Å²) in [5.74, 6) is 2.55. The second-order valence-corrected chi connectivity index (χ2v) is 3.69. The molecule has 0 amide bonds. The molecule has 1 N–H and O–H groups in total. The molecule has 1 saturated carbocycles. The molecule has 2 heteroatoms. The van der Waals surface area contributed by atoms with Gasteiger partial charge in [-0.15, -0.1) is 6.42 Å². The lowest BCUT2D eigenvalue weighted by Crippen LogP contribution is -2.29. The van der Waals surface area contributed by atoms with Crippen LogP contribution < -0.4 is 5.32 Å². The Bertz CT molecular complexity index is 167. The largest absolute Gasteiger partial charge is 0.374 e. The summed E-state index contributed by atoms with van der Waals surface area (Å²) in [5.41, 5.74) is 0. The first-order chi connectivity index (χ1) is 6.33. The van der Waals surface area contributed by atoms with E-state index in [1.54, 1.807) is 0 Å². The molecule has 1 fully saturated rings. The smallest absolute Gasteiger partial charge is 0.0675 e. The van der Waals surface area contributed by atoms with Crippen LogP contribution in [0.1, 0.15) is 32.6 Å². The fourth-order valence-electron chi connectivity index (χ4n) is 1.75. The molecular weight excluding hydrogens is 162 g/mol. The molecule has 0 saturated heterocycles. The van der Waals surface area contributed by atoms with Crippen molar-refractivity contribution in [2.24, 2.45) is 0 Å². The predicted octanol–water partition coefficient (Wildman–Crippen LogP) is 1.56. The summed E-state index contributed by atoms with van der Waals surface area (Å²) in [6, 6.07) is 0. The highest BCUT2D eigenvalue weighted by Gasteiger charge is 2.17. The average Bonchev–Trinajstić information content (AvgIpc) is 2.57. The van der Waals surface area contributed by atoms with E-state index in [1.165, 1.54) is 25.7 Å². The minimum atomic E-state index is 0.288. The monoisotopic (exact) mass is 181 g/mol. The van der Waals surface area contributed by atoms with Gasteiger partial charge >= 0.3 is 0 Å². The van der Waals surface area contributed by atoms with Crippen molar-refractivity contribution in [2.45, 2.75) is 44.8 Å². The van der Waals surface area contributed by atoms with Crippen LogP contribution in [0.15, 0.2) is 0 Å². The van der Waals surface area contributed by atoms with Crippen molar-refractivity contribution in [3.63, 3.8) is 0 Å². The number of ether oxygens (including phenoxy) is 1. The first kappa shape index (κ1) is 10.6. The number of hydrogen-bond donors (Lipinski definition) is 1. The maximum atomic E-state index is 5.83. The topological polar surface area (TPSA) is 21.3 Å². The lowest BCUT2D eigenvalue weighted by Gasteiger charge is -2.18. The Morgan fingerprint density at radius 2 is 2.23 bits per heavy atom. The highest BCUT2D eigenvalue weighted by Crippen LogP contribution is 2.21.